The molecule has 53 heavy (non-hydrogen) atoms. The molecule has 0 rings (SSSR count). The van der Waals surface area contributed by atoms with Crippen LogP contribution in [-0.4, -0.2) is 41.9 Å². The summed E-state index contributed by atoms with van der Waals surface area (Å²) in [6.07, 6.45) is 50.6. The molecule has 0 aromatic carbocycles. The summed E-state index contributed by atoms with van der Waals surface area (Å²) < 4.78 is 32.6. The van der Waals surface area contributed by atoms with Gasteiger partial charge in [0.15, 0.2) is 0 Å². The maximum atomic E-state index is 12.6. The smallest absolute Gasteiger partial charge is 0.267 e. The predicted molar refractivity (Wildman–Crippen MR) is 230 cm³/mol. The fourth-order valence-electron chi connectivity index (χ4n) is 7.45. The molecule has 0 saturated carbocycles. The summed E-state index contributed by atoms with van der Waals surface area (Å²) >= 11 is 0. The van der Waals surface area contributed by atoms with Gasteiger partial charge in [0, 0.05) is 6.42 Å². The molecule has 0 aromatic heterocycles. The fourth-order valence-corrected chi connectivity index (χ4v) is 8.19. The monoisotopic (exact) mass is 770 g/mol. The van der Waals surface area contributed by atoms with E-state index in [0.717, 1.165) is 38.5 Å². The van der Waals surface area contributed by atoms with Crippen LogP contribution in [0.15, 0.2) is 12.2 Å². The number of aliphatic hydroxyl groups excluding tert-OH is 1. The minimum absolute atomic E-state index is 0.272. The molecular weight excluding hydrogens is 679 g/mol. The van der Waals surface area contributed by atoms with Gasteiger partial charge < -0.3 is 10.4 Å². The van der Waals surface area contributed by atoms with Crippen LogP contribution in [0.5, 0.6) is 0 Å². The molecule has 7 heteroatoms. The molecule has 1 amide bonds. The Labute approximate surface area is 331 Å². The second-order valence-corrected chi connectivity index (χ2v) is 17.9. The van der Waals surface area contributed by atoms with E-state index in [2.05, 4.69) is 19.2 Å². The van der Waals surface area contributed by atoms with Gasteiger partial charge in [0.1, 0.15) is 0 Å². The molecule has 0 aromatic rings. The van der Waals surface area contributed by atoms with E-state index in [1.54, 1.807) is 6.08 Å². The molecule has 0 heterocycles. The minimum Gasteiger partial charge on any atom is -0.387 e. The SMILES string of the molecule is CCCCCCCCCCCCCCCCCC/C=C/C(O)C(CS(=O)(=O)O)NC(=O)CCCCCCCCCCCCCCCCCCCCCC. The number of unbranched alkanes of at least 4 members (excludes halogenated alkanes) is 35. The van der Waals surface area contributed by atoms with Crippen LogP contribution in [0.2, 0.25) is 0 Å². The Bertz CT molecular complexity index is 892. The van der Waals surface area contributed by atoms with Gasteiger partial charge >= 0.3 is 0 Å². The van der Waals surface area contributed by atoms with Crippen LogP contribution in [0.4, 0.5) is 0 Å². The molecule has 0 aliphatic rings. The number of amides is 1. The van der Waals surface area contributed by atoms with Crippen LogP contribution in [-0.2, 0) is 14.9 Å². The van der Waals surface area contributed by atoms with Gasteiger partial charge in [-0.3, -0.25) is 9.35 Å². The zero-order chi connectivity index (χ0) is 38.9. The summed E-state index contributed by atoms with van der Waals surface area (Å²) in [4.78, 5) is 12.6. The number of carbonyl (C=O) groups excluding carboxylic acids is 1. The van der Waals surface area contributed by atoms with E-state index in [-0.39, 0.29) is 5.91 Å². The van der Waals surface area contributed by atoms with E-state index in [9.17, 15) is 22.9 Å². The molecular formula is C46H91NO5S. The maximum Gasteiger partial charge on any atom is 0.267 e. The normalized spacial score (nSPS) is 13.2. The lowest BCUT2D eigenvalue weighted by molar-refractivity contribution is -0.122. The van der Waals surface area contributed by atoms with Crippen LogP contribution in [0.25, 0.3) is 0 Å². The summed E-state index contributed by atoms with van der Waals surface area (Å²) in [7, 11) is -4.34. The topological polar surface area (TPSA) is 104 Å². The molecule has 3 N–H and O–H groups in total. The lowest BCUT2D eigenvalue weighted by atomic mass is 10.0. The fraction of sp³-hybridized carbons (Fsp3) is 0.935. The first-order valence-electron chi connectivity index (χ1n) is 23.4. The van der Waals surface area contributed by atoms with Crippen molar-refractivity contribution in [3.63, 3.8) is 0 Å². The summed E-state index contributed by atoms with van der Waals surface area (Å²) in [5, 5.41) is 13.3. The van der Waals surface area contributed by atoms with Gasteiger partial charge in [0.05, 0.1) is 17.9 Å². The average molecular weight is 770 g/mol. The predicted octanol–water partition coefficient (Wildman–Crippen LogP) is 14.1. The molecule has 0 aliphatic heterocycles. The van der Waals surface area contributed by atoms with Gasteiger partial charge in [0.2, 0.25) is 5.91 Å². The molecule has 6 nitrogen and oxygen atoms in total. The molecule has 0 saturated heterocycles. The summed E-state index contributed by atoms with van der Waals surface area (Å²) in [5.74, 6) is -0.964. The van der Waals surface area contributed by atoms with Crippen molar-refractivity contribution in [1.29, 1.82) is 0 Å². The molecule has 2 atom stereocenters. The van der Waals surface area contributed by atoms with Crippen molar-refractivity contribution in [3.8, 4) is 0 Å². The van der Waals surface area contributed by atoms with Crippen molar-refractivity contribution in [2.45, 2.75) is 270 Å². The third-order valence-electron chi connectivity index (χ3n) is 11.0. The number of hydrogen-bond donors (Lipinski definition) is 3. The van der Waals surface area contributed by atoms with Crippen molar-refractivity contribution < 1.29 is 22.9 Å². The van der Waals surface area contributed by atoms with Gasteiger partial charge in [0.25, 0.3) is 10.1 Å². The molecule has 0 bridgehead atoms. The van der Waals surface area contributed by atoms with Crippen LogP contribution >= 0.6 is 0 Å². The average Bonchev–Trinajstić information content (AvgIpc) is 3.12. The third-order valence-corrected chi connectivity index (χ3v) is 11.7. The van der Waals surface area contributed by atoms with Crippen molar-refractivity contribution in [1.82, 2.24) is 5.32 Å². The van der Waals surface area contributed by atoms with E-state index < -0.39 is 28.0 Å². The van der Waals surface area contributed by atoms with Gasteiger partial charge in [-0.15, -0.1) is 0 Å². The Kier molecular flexibility index (Phi) is 40.0. The number of aliphatic hydroxyl groups is 1. The van der Waals surface area contributed by atoms with Crippen LogP contribution < -0.4 is 5.32 Å². The highest BCUT2D eigenvalue weighted by Gasteiger charge is 2.24. The standard InChI is InChI=1S/C46H91NO5S/c1-3-5-7-9-11-13-15-17-19-21-23-24-26-28-30-32-34-36-38-40-42-46(49)47-44(43-53(50,51)52)45(48)41-39-37-35-33-31-29-27-25-22-20-18-16-14-12-10-8-6-4-2/h39,41,44-45,48H,3-38,40,42-43H2,1-2H3,(H,47,49)(H,50,51,52)/b41-39+. The zero-order valence-electron chi connectivity index (χ0n) is 35.4. The quantitative estimate of drug-likeness (QED) is 0.0325. The molecule has 0 fully saturated rings. The summed E-state index contributed by atoms with van der Waals surface area (Å²) in [6, 6.07) is -1.05. The van der Waals surface area contributed by atoms with Crippen LogP contribution in [0, 0.1) is 0 Å². The first-order chi connectivity index (χ1) is 25.8. The molecule has 0 aliphatic carbocycles. The zero-order valence-corrected chi connectivity index (χ0v) is 36.2. The van der Waals surface area contributed by atoms with E-state index >= 15 is 0 Å². The van der Waals surface area contributed by atoms with Crippen LogP contribution in [0.1, 0.15) is 258 Å². The molecule has 2 unspecified atom stereocenters. The Morgan fingerprint density at radius 1 is 0.491 bits per heavy atom. The third kappa shape index (κ3) is 42.1. The highest BCUT2D eigenvalue weighted by molar-refractivity contribution is 7.85. The van der Waals surface area contributed by atoms with Gasteiger partial charge in [-0.2, -0.15) is 8.42 Å². The number of rotatable bonds is 43. The minimum atomic E-state index is -4.34. The highest BCUT2D eigenvalue weighted by Crippen LogP contribution is 2.17. The second-order valence-electron chi connectivity index (χ2n) is 16.4. The second kappa shape index (κ2) is 40.7. The summed E-state index contributed by atoms with van der Waals surface area (Å²) in [6.45, 7) is 4.55. The number of hydrogen-bond acceptors (Lipinski definition) is 4. The maximum absolute atomic E-state index is 12.6. The molecule has 0 radical (unpaired) electrons. The number of nitrogens with one attached hydrogen (secondary N) is 1. The van der Waals surface area contributed by atoms with Crippen molar-refractivity contribution in [3.05, 3.63) is 12.2 Å². The Morgan fingerprint density at radius 3 is 1.08 bits per heavy atom. The largest absolute Gasteiger partial charge is 0.387 e. The van der Waals surface area contributed by atoms with E-state index in [4.69, 9.17) is 0 Å². The van der Waals surface area contributed by atoms with Gasteiger partial charge in [-0.25, -0.2) is 0 Å². The Hall–Kier alpha value is -0.920. The van der Waals surface area contributed by atoms with Crippen molar-refractivity contribution in [2.75, 3.05) is 5.75 Å². The highest BCUT2D eigenvalue weighted by atomic mass is 32.2. The van der Waals surface area contributed by atoms with E-state index in [0.29, 0.717) is 6.42 Å². The van der Waals surface area contributed by atoms with Crippen molar-refractivity contribution in [2.24, 2.45) is 0 Å². The first-order valence-corrected chi connectivity index (χ1v) is 25.0. The van der Waals surface area contributed by atoms with Crippen LogP contribution in [0.3, 0.4) is 0 Å². The first kappa shape index (κ1) is 52.1. The Balaban J connectivity index is 3.80. The Morgan fingerprint density at radius 2 is 0.774 bits per heavy atom. The van der Waals surface area contributed by atoms with Crippen molar-refractivity contribution >= 4 is 16.0 Å². The van der Waals surface area contributed by atoms with Gasteiger partial charge in [-0.05, 0) is 19.3 Å². The van der Waals surface area contributed by atoms with E-state index in [1.807, 2.05) is 6.08 Å². The molecule has 0 spiro atoms. The lowest BCUT2D eigenvalue weighted by Gasteiger charge is -2.21. The summed E-state index contributed by atoms with van der Waals surface area (Å²) in [5.41, 5.74) is 0. The lowest BCUT2D eigenvalue weighted by Crippen LogP contribution is -2.46. The number of carbonyl (C=O) groups is 1. The van der Waals surface area contributed by atoms with Gasteiger partial charge in [-0.1, -0.05) is 244 Å². The molecule has 316 valence electrons. The number of allylic oxidation sites excluding steroid dienone is 1. The van der Waals surface area contributed by atoms with E-state index in [1.165, 1.54) is 199 Å².